The third-order valence-electron chi connectivity index (χ3n) is 5.72. The van der Waals surface area contributed by atoms with Gasteiger partial charge in [-0.2, -0.15) is 0 Å². The summed E-state index contributed by atoms with van der Waals surface area (Å²) >= 11 is 0. The zero-order valence-corrected chi connectivity index (χ0v) is 17.4. The fraction of sp³-hybridized carbons (Fsp3) is 0.400. The summed E-state index contributed by atoms with van der Waals surface area (Å²) in [6.07, 6.45) is 0. The van der Waals surface area contributed by atoms with Gasteiger partial charge in [0.2, 0.25) is 0 Å². The van der Waals surface area contributed by atoms with Crippen molar-refractivity contribution in [1.82, 2.24) is 4.90 Å². The number of piperazine rings is 1. The van der Waals surface area contributed by atoms with Crippen molar-refractivity contribution >= 4 is 25.4 Å². The maximum Gasteiger partial charge on any atom is 0.183 e. The fourth-order valence-corrected chi connectivity index (χ4v) is 9.01. The van der Waals surface area contributed by atoms with Crippen LogP contribution in [0.3, 0.4) is 0 Å². The van der Waals surface area contributed by atoms with E-state index in [4.69, 9.17) is 0 Å². The molecule has 2 heterocycles. The van der Waals surface area contributed by atoms with Gasteiger partial charge in [-0.15, -0.1) is 0 Å². The summed E-state index contributed by atoms with van der Waals surface area (Å²) in [6, 6.07) is 13.9. The highest BCUT2D eigenvalue weighted by molar-refractivity contribution is 7.96. The van der Waals surface area contributed by atoms with E-state index in [0.29, 0.717) is 26.2 Å². The molecule has 0 unspecified atom stereocenters. The first-order valence-corrected chi connectivity index (χ1v) is 12.9. The van der Waals surface area contributed by atoms with Gasteiger partial charge in [-0.1, -0.05) is 18.2 Å². The maximum atomic E-state index is 13.2. The smallest absolute Gasteiger partial charge is 0.183 e. The van der Waals surface area contributed by atoms with Crippen LogP contribution >= 0.6 is 0 Å². The van der Waals surface area contributed by atoms with Gasteiger partial charge in [0, 0.05) is 37.9 Å². The molecule has 0 saturated carbocycles. The van der Waals surface area contributed by atoms with Gasteiger partial charge in [-0.3, -0.25) is 4.90 Å². The molecule has 0 aromatic heterocycles. The van der Waals surface area contributed by atoms with Crippen molar-refractivity contribution in [1.29, 1.82) is 0 Å². The molecule has 2 aromatic rings. The number of sulfone groups is 2. The first-order chi connectivity index (χ1) is 13.8. The van der Waals surface area contributed by atoms with E-state index in [1.807, 2.05) is 35.2 Å². The lowest BCUT2D eigenvalue weighted by molar-refractivity contribution is 0.201. The average Bonchev–Trinajstić information content (AvgIpc) is 3.05. The molecule has 2 atom stereocenters. The lowest BCUT2D eigenvalue weighted by Gasteiger charge is -2.40. The summed E-state index contributed by atoms with van der Waals surface area (Å²) in [6.45, 7) is 2.57. The molecule has 0 amide bonds. The van der Waals surface area contributed by atoms with E-state index in [-0.39, 0.29) is 10.6 Å². The predicted molar refractivity (Wildman–Crippen MR) is 110 cm³/mol. The van der Waals surface area contributed by atoms with Crippen LogP contribution in [0.4, 0.5) is 10.1 Å². The monoisotopic (exact) mass is 438 g/mol. The predicted octanol–water partition coefficient (Wildman–Crippen LogP) is 1.59. The first-order valence-electron chi connectivity index (χ1n) is 9.50. The van der Waals surface area contributed by atoms with Gasteiger partial charge in [0.15, 0.2) is 19.7 Å². The molecule has 9 heteroatoms. The zero-order chi connectivity index (χ0) is 20.6. The summed E-state index contributed by atoms with van der Waals surface area (Å²) in [5, 5.41) is -1.04. The number of hydrogen-bond donors (Lipinski definition) is 0. The Morgan fingerprint density at radius 3 is 2.10 bits per heavy atom. The second kappa shape index (κ2) is 7.70. The quantitative estimate of drug-likeness (QED) is 0.675. The highest BCUT2D eigenvalue weighted by Crippen LogP contribution is 2.30. The third kappa shape index (κ3) is 4.17. The van der Waals surface area contributed by atoms with E-state index < -0.39 is 42.5 Å². The summed E-state index contributed by atoms with van der Waals surface area (Å²) in [4.78, 5) is 4.16. The Balaban J connectivity index is 1.55. The van der Waals surface area contributed by atoms with Crippen LogP contribution in [0.2, 0.25) is 0 Å². The SMILES string of the molecule is O=S1(=O)C[C@H](N2CCN(c3ccccc3)CC2)[C@@H](S(=O)(=O)c2ccc(F)cc2)C1. The van der Waals surface area contributed by atoms with E-state index in [0.717, 1.165) is 17.8 Å². The molecule has 29 heavy (non-hydrogen) atoms. The van der Waals surface area contributed by atoms with Gasteiger partial charge in [0.05, 0.1) is 21.7 Å². The summed E-state index contributed by atoms with van der Waals surface area (Å²) in [7, 11) is -7.36. The topological polar surface area (TPSA) is 74.8 Å². The number of hydrogen-bond acceptors (Lipinski definition) is 6. The number of halogens is 1. The highest BCUT2D eigenvalue weighted by atomic mass is 32.2. The van der Waals surface area contributed by atoms with Crippen molar-refractivity contribution in [2.75, 3.05) is 42.6 Å². The normalized spacial score (nSPS) is 25.2. The molecule has 0 aliphatic carbocycles. The summed E-state index contributed by atoms with van der Waals surface area (Å²) in [5.41, 5.74) is 1.10. The Bertz CT molecular complexity index is 1070. The lowest BCUT2D eigenvalue weighted by Crippen LogP contribution is -2.55. The van der Waals surface area contributed by atoms with Crippen LogP contribution in [0.25, 0.3) is 0 Å². The fourth-order valence-electron chi connectivity index (χ4n) is 4.18. The van der Waals surface area contributed by atoms with Crippen molar-refractivity contribution in [3.63, 3.8) is 0 Å². The second-order valence-electron chi connectivity index (χ2n) is 7.54. The molecular formula is C20H23FN2O4S2. The average molecular weight is 439 g/mol. The van der Waals surface area contributed by atoms with Crippen LogP contribution in [-0.2, 0) is 19.7 Å². The largest absolute Gasteiger partial charge is 0.369 e. The number of benzene rings is 2. The maximum absolute atomic E-state index is 13.2. The van der Waals surface area contributed by atoms with E-state index >= 15 is 0 Å². The standard InChI is InChI=1S/C20H23FN2O4S2/c21-16-6-8-18(9-7-16)29(26,27)20-15-28(24,25)14-19(20)23-12-10-22(11-13-23)17-4-2-1-3-5-17/h1-9,19-20H,10-15H2/t19-,20-/m0/s1. The highest BCUT2D eigenvalue weighted by Gasteiger charge is 2.48. The van der Waals surface area contributed by atoms with Gasteiger partial charge in [0.1, 0.15) is 5.82 Å². The molecule has 4 rings (SSSR count). The van der Waals surface area contributed by atoms with Crippen LogP contribution in [0.15, 0.2) is 59.5 Å². The molecule has 2 aliphatic heterocycles. The van der Waals surface area contributed by atoms with Crippen LogP contribution in [0, 0.1) is 5.82 Å². The summed E-state index contributed by atoms with van der Waals surface area (Å²) in [5.74, 6) is -1.09. The minimum absolute atomic E-state index is 0.0334. The Hall–Kier alpha value is -1.97. The van der Waals surface area contributed by atoms with Gasteiger partial charge < -0.3 is 4.90 Å². The Morgan fingerprint density at radius 1 is 0.862 bits per heavy atom. The van der Waals surface area contributed by atoms with E-state index in [1.54, 1.807) is 0 Å². The summed E-state index contributed by atoms with van der Waals surface area (Å²) < 4.78 is 64.2. The Labute approximate surface area is 170 Å². The van der Waals surface area contributed by atoms with Crippen molar-refractivity contribution in [3.8, 4) is 0 Å². The van der Waals surface area contributed by atoms with Gasteiger partial charge in [-0.05, 0) is 36.4 Å². The molecule has 0 radical (unpaired) electrons. The van der Waals surface area contributed by atoms with Crippen LogP contribution in [0.1, 0.15) is 0 Å². The molecule has 2 aliphatic rings. The minimum Gasteiger partial charge on any atom is -0.369 e. The van der Waals surface area contributed by atoms with Crippen molar-refractivity contribution in [3.05, 3.63) is 60.4 Å². The molecule has 2 fully saturated rings. The zero-order valence-electron chi connectivity index (χ0n) is 15.8. The van der Waals surface area contributed by atoms with Gasteiger partial charge >= 0.3 is 0 Å². The van der Waals surface area contributed by atoms with Crippen LogP contribution in [-0.4, -0.2) is 70.7 Å². The van der Waals surface area contributed by atoms with Crippen molar-refractivity contribution in [2.24, 2.45) is 0 Å². The van der Waals surface area contributed by atoms with Gasteiger partial charge in [-0.25, -0.2) is 21.2 Å². The molecule has 0 bridgehead atoms. The van der Waals surface area contributed by atoms with E-state index in [1.165, 1.54) is 12.1 Å². The Kier molecular flexibility index (Phi) is 5.39. The number of nitrogens with zero attached hydrogens (tertiary/aromatic N) is 2. The molecule has 6 nitrogen and oxygen atoms in total. The minimum atomic E-state index is -3.89. The van der Waals surface area contributed by atoms with Crippen LogP contribution < -0.4 is 4.90 Å². The lowest BCUT2D eigenvalue weighted by atomic mass is 10.1. The molecular weight excluding hydrogens is 415 g/mol. The Morgan fingerprint density at radius 2 is 1.48 bits per heavy atom. The molecule has 0 spiro atoms. The second-order valence-corrected chi connectivity index (χ2v) is 11.9. The van der Waals surface area contributed by atoms with Crippen molar-refractivity contribution in [2.45, 2.75) is 16.2 Å². The van der Waals surface area contributed by atoms with E-state index in [9.17, 15) is 21.2 Å². The van der Waals surface area contributed by atoms with Gasteiger partial charge in [0.25, 0.3) is 0 Å². The third-order valence-corrected chi connectivity index (χ3v) is 9.85. The molecule has 2 saturated heterocycles. The molecule has 2 aromatic carbocycles. The van der Waals surface area contributed by atoms with Crippen molar-refractivity contribution < 1.29 is 21.2 Å². The molecule has 156 valence electrons. The molecule has 0 N–H and O–H groups in total. The van der Waals surface area contributed by atoms with E-state index in [2.05, 4.69) is 4.90 Å². The number of para-hydroxylation sites is 1. The van der Waals surface area contributed by atoms with Crippen LogP contribution in [0.5, 0.6) is 0 Å². The number of rotatable bonds is 4. The first kappa shape index (κ1) is 20.3. The number of anilines is 1.